The van der Waals surface area contributed by atoms with E-state index in [1.807, 2.05) is 11.8 Å². The van der Waals surface area contributed by atoms with E-state index in [4.69, 9.17) is 9.84 Å². The molecule has 0 aliphatic carbocycles. The number of hydrogen-bond acceptors (Lipinski definition) is 5. The van der Waals surface area contributed by atoms with Crippen LogP contribution in [0.2, 0.25) is 0 Å². The van der Waals surface area contributed by atoms with Crippen molar-refractivity contribution in [2.24, 2.45) is 0 Å². The highest BCUT2D eigenvalue weighted by atomic mass is 16.6. The second kappa shape index (κ2) is 6.80. The zero-order valence-electron chi connectivity index (χ0n) is 10.6. The van der Waals surface area contributed by atoms with E-state index in [1.165, 1.54) is 7.11 Å². The van der Waals surface area contributed by atoms with Crippen LogP contribution in [-0.4, -0.2) is 36.8 Å². The number of hydrogen-bond donors (Lipinski definition) is 1. The van der Waals surface area contributed by atoms with Gasteiger partial charge >= 0.3 is 5.69 Å². The first-order valence-electron chi connectivity index (χ1n) is 5.82. The third kappa shape index (κ3) is 3.10. The number of nitrogens with zero attached hydrogens (tertiary/aromatic N) is 2. The van der Waals surface area contributed by atoms with Crippen LogP contribution in [0.25, 0.3) is 0 Å². The summed E-state index contributed by atoms with van der Waals surface area (Å²) < 4.78 is 5.03. The fraction of sp³-hybridized carbons (Fsp3) is 0.500. The smallest absolute Gasteiger partial charge is 0.333 e. The Bertz CT molecular complexity index is 409. The van der Waals surface area contributed by atoms with Gasteiger partial charge in [0.1, 0.15) is 5.69 Å². The molecule has 0 aliphatic heterocycles. The van der Waals surface area contributed by atoms with Gasteiger partial charge in [0.15, 0.2) is 5.75 Å². The van der Waals surface area contributed by atoms with Crippen LogP contribution in [0.5, 0.6) is 5.75 Å². The summed E-state index contributed by atoms with van der Waals surface area (Å²) >= 11 is 0. The van der Waals surface area contributed by atoms with Crippen LogP contribution < -0.4 is 9.64 Å². The van der Waals surface area contributed by atoms with E-state index in [0.717, 1.165) is 0 Å². The first-order chi connectivity index (χ1) is 8.65. The van der Waals surface area contributed by atoms with Gasteiger partial charge in [-0.15, -0.1) is 0 Å². The van der Waals surface area contributed by atoms with Crippen molar-refractivity contribution in [2.45, 2.75) is 13.3 Å². The van der Waals surface area contributed by atoms with Crippen molar-refractivity contribution in [1.29, 1.82) is 0 Å². The third-order valence-corrected chi connectivity index (χ3v) is 2.69. The molecule has 0 radical (unpaired) electrons. The van der Waals surface area contributed by atoms with Gasteiger partial charge in [-0.1, -0.05) is 6.07 Å². The number of aliphatic hydroxyl groups is 1. The molecule has 0 atom stereocenters. The van der Waals surface area contributed by atoms with Gasteiger partial charge < -0.3 is 14.7 Å². The van der Waals surface area contributed by atoms with E-state index < -0.39 is 4.92 Å². The van der Waals surface area contributed by atoms with Gasteiger partial charge in [-0.2, -0.15) is 0 Å². The summed E-state index contributed by atoms with van der Waals surface area (Å²) in [6.07, 6.45) is 0.572. The molecule has 1 N–H and O–H groups in total. The zero-order valence-corrected chi connectivity index (χ0v) is 10.6. The molecular weight excluding hydrogens is 236 g/mol. The summed E-state index contributed by atoms with van der Waals surface area (Å²) in [4.78, 5) is 12.6. The van der Waals surface area contributed by atoms with Gasteiger partial charge in [-0.05, 0) is 25.5 Å². The molecule has 0 amide bonds. The van der Waals surface area contributed by atoms with Gasteiger partial charge in [0.25, 0.3) is 0 Å². The minimum Gasteiger partial charge on any atom is -0.490 e. The Morgan fingerprint density at radius 2 is 2.22 bits per heavy atom. The molecule has 1 rings (SSSR count). The van der Waals surface area contributed by atoms with Crippen LogP contribution in [-0.2, 0) is 0 Å². The van der Waals surface area contributed by atoms with Crippen molar-refractivity contribution in [3.05, 3.63) is 28.3 Å². The summed E-state index contributed by atoms with van der Waals surface area (Å²) in [5, 5.41) is 20.0. The number of rotatable bonds is 7. The molecule has 18 heavy (non-hydrogen) atoms. The number of anilines is 1. The summed E-state index contributed by atoms with van der Waals surface area (Å²) in [6, 6.07) is 4.99. The molecule has 0 bridgehead atoms. The first-order valence-corrected chi connectivity index (χ1v) is 5.82. The molecule has 0 spiro atoms. The molecule has 0 aromatic heterocycles. The van der Waals surface area contributed by atoms with Crippen LogP contribution in [0.4, 0.5) is 11.4 Å². The summed E-state index contributed by atoms with van der Waals surface area (Å²) in [5.41, 5.74) is 0.495. The predicted octanol–water partition coefficient (Wildman–Crippen LogP) is 1.81. The number of methoxy groups -OCH3 is 1. The molecule has 0 unspecified atom stereocenters. The molecule has 1 aromatic carbocycles. The summed E-state index contributed by atoms with van der Waals surface area (Å²) in [5.74, 6) is 0.250. The normalized spacial score (nSPS) is 10.2. The van der Waals surface area contributed by atoms with Crippen molar-refractivity contribution >= 4 is 11.4 Å². The number of benzene rings is 1. The van der Waals surface area contributed by atoms with Crippen molar-refractivity contribution in [3.63, 3.8) is 0 Å². The Labute approximate surface area is 106 Å². The first kappa shape index (κ1) is 14.2. The summed E-state index contributed by atoms with van der Waals surface area (Å²) in [7, 11) is 1.41. The molecule has 0 heterocycles. The molecule has 0 saturated carbocycles. The highest BCUT2D eigenvalue weighted by Gasteiger charge is 2.23. The average molecular weight is 254 g/mol. The SMILES string of the molecule is CCN(CCCO)c1cccc(OC)c1[N+](=O)[O-]. The van der Waals surface area contributed by atoms with Gasteiger partial charge in [0.2, 0.25) is 0 Å². The van der Waals surface area contributed by atoms with Gasteiger partial charge in [-0.25, -0.2) is 0 Å². The van der Waals surface area contributed by atoms with Gasteiger partial charge in [0, 0.05) is 19.7 Å². The second-order valence-electron chi connectivity index (χ2n) is 3.74. The Morgan fingerprint density at radius 1 is 1.50 bits per heavy atom. The topological polar surface area (TPSA) is 75.8 Å². The van der Waals surface area contributed by atoms with E-state index in [2.05, 4.69) is 0 Å². The maximum absolute atomic E-state index is 11.1. The molecule has 1 aromatic rings. The van der Waals surface area contributed by atoms with E-state index in [-0.39, 0.29) is 18.0 Å². The van der Waals surface area contributed by atoms with Gasteiger partial charge in [-0.3, -0.25) is 10.1 Å². The van der Waals surface area contributed by atoms with Gasteiger partial charge in [0.05, 0.1) is 12.0 Å². The fourth-order valence-corrected chi connectivity index (χ4v) is 1.82. The number of nitro groups is 1. The van der Waals surface area contributed by atoms with E-state index in [0.29, 0.717) is 25.2 Å². The lowest BCUT2D eigenvalue weighted by atomic mass is 10.2. The monoisotopic (exact) mass is 254 g/mol. The molecule has 6 heteroatoms. The molecule has 6 nitrogen and oxygen atoms in total. The Morgan fingerprint density at radius 3 is 2.72 bits per heavy atom. The minimum atomic E-state index is -0.435. The molecular formula is C12H18N2O4. The van der Waals surface area contributed by atoms with Crippen LogP contribution >= 0.6 is 0 Å². The lowest BCUT2D eigenvalue weighted by molar-refractivity contribution is -0.385. The Balaban J connectivity index is 3.16. The Kier molecular flexibility index (Phi) is 5.38. The lowest BCUT2D eigenvalue weighted by Gasteiger charge is -2.22. The summed E-state index contributed by atoms with van der Waals surface area (Å²) in [6.45, 7) is 3.18. The zero-order chi connectivity index (χ0) is 13.5. The van der Waals surface area contributed by atoms with Crippen molar-refractivity contribution < 1.29 is 14.8 Å². The average Bonchev–Trinajstić information content (AvgIpc) is 2.38. The number of nitro benzene ring substituents is 1. The highest BCUT2D eigenvalue weighted by molar-refractivity contribution is 5.69. The standard InChI is InChI=1S/C12H18N2O4/c1-3-13(8-5-9-15)10-6-4-7-11(18-2)12(10)14(16)17/h4,6-7,15H,3,5,8-9H2,1-2H3. The molecule has 0 aliphatic rings. The van der Waals surface area contributed by atoms with E-state index >= 15 is 0 Å². The second-order valence-corrected chi connectivity index (χ2v) is 3.74. The largest absolute Gasteiger partial charge is 0.490 e. The Hall–Kier alpha value is -1.82. The van der Waals surface area contributed by atoms with Crippen molar-refractivity contribution in [1.82, 2.24) is 0 Å². The predicted molar refractivity (Wildman–Crippen MR) is 69.2 cm³/mol. The van der Waals surface area contributed by atoms with Crippen molar-refractivity contribution in [3.8, 4) is 5.75 Å². The van der Waals surface area contributed by atoms with Crippen LogP contribution in [0.1, 0.15) is 13.3 Å². The van der Waals surface area contributed by atoms with Crippen LogP contribution in [0, 0.1) is 10.1 Å². The van der Waals surface area contributed by atoms with E-state index in [9.17, 15) is 10.1 Å². The van der Waals surface area contributed by atoms with E-state index in [1.54, 1.807) is 18.2 Å². The molecule has 100 valence electrons. The number of para-hydroxylation sites is 1. The lowest BCUT2D eigenvalue weighted by Crippen LogP contribution is -2.25. The maximum Gasteiger partial charge on any atom is 0.333 e. The van der Waals surface area contributed by atoms with Crippen LogP contribution in [0.15, 0.2) is 18.2 Å². The third-order valence-electron chi connectivity index (χ3n) is 2.69. The maximum atomic E-state index is 11.1. The van der Waals surface area contributed by atoms with Crippen LogP contribution in [0.3, 0.4) is 0 Å². The quantitative estimate of drug-likeness (QED) is 0.593. The van der Waals surface area contributed by atoms with Crippen molar-refractivity contribution in [2.75, 3.05) is 31.7 Å². The minimum absolute atomic E-state index is 0.0280. The highest BCUT2D eigenvalue weighted by Crippen LogP contribution is 2.36. The molecule has 0 saturated heterocycles. The number of aliphatic hydroxyl groups excluding tert-OH is 1. The number of ether oxygens (including phenoxy) is 1. The fourth-order valence-electron chi connectivity index (χ4n) is 1.82. The molecule has 0 fully saturated rings.